The van der Waals surface area contributed by atoms with Crippen LogP contribution in [0.3, 0.4) is 0 Å². The molecule has 1 fully saturated rings. The Balaban J connectivity index is 2.07. The molecule has 1 aromatic heterocycles. The van der Waals surface area contributed by atoms with E-state index in [-0.39, 0.29) is 13.0 Å². The van der Waals surface area contributed by atoms with E-state index in [1.807, 2.05) is 6.07 Å². The quantitative estimate of drug-likeness (QED) is 0.851. The van der Waals surface area contributed by atoms with Gasteiger partial charge in [-0.15, -0.1) is 0 Å². The molecule has 17 heavy (non-hydrogen) atoms. The number of hydrogen-bond acceptors (Lipinski definition) is 2. The van der Waals surface area contributed by atoms with Gasteiger partial charge < -0.3 is 4.90 Å². The topological polar surface area (TPSA) is 31.9 Å². The zero-order valence-corrected chi connectivity index (χ0v) is 9.64. The van der Waals surface area contributed by atoms with Gasteiger partial charge in [-0.3, -0.25) is 5.10 Å². The average Bonchev–Trinajstić information content (AvgIpc) is 2.82. The number of alkyl halides is 2. The molecule has 0 saturated carbocycles. The van der Waals surface area contributed by atoms with Gasteiger partial charge in [-0.2, -0.15) is 5.10 Å². The molecule has 0 amide bonds. The Labute approximate surface area is 101 Å². The summed E-state index contributed by atoms with van der Waals surface area (Å²) in [5.41, 5.74) is 0.766. The van der Waals surface area contributed by atoms with Crippen LogP contribution in [0.4, 0.5) is 14.6 Å². The lowest BCUT2D eigenvalue weighted by Gasteiger charge is -2.15. The fourth-order valence-corrected chi connectivity index (χ4v) is 2.42. The molecule has 3 nitrogen and oxygen atoms in total. The Hall–Kier alpha value is -1.36. The van der Waals surface area contributed by atoms with Crippen LogP contribution in [0.1, 0.15) is 6.42 Å². The van der Waals surface area contributed by atoms with E-state index >= 15 is 0 Å². The molecular weight excluding hydrogens is 248 g/mol. The van der Waals surface area contributed by atoms with Gasteiger partial charge in [0.25, 0.3) is 5.92 Å². The molecule has 0 spiro atoms. The second-order valence-corrected chi connectivity index (χ2v) is 4.64. The van der Waals surface area contributed by atoms with Gasteiger partial charge in [0.2, 0.25) is 0 Å². The van der Waals surface area contributed by atoms with Crippen LogP contribution in [0.15, 0.2) is 18.2 Å². The summed E-state index contributed by atoms with van der Waals surface area (Å²) in [4.78, 5) is 1.57. The molecule has 1 aliphatic heterocycles. The first-order valence-electron chi connectivity index (χ1n) is 5.32. The van der Waals surface area contributed by atoms with E-state index in [4.69, 9.17) is 11.6 Å². The fourth-order valence-electron chi connectivity index (χ4n) is 2.16. The van der Waals surface area contributed by atoms with Crippen molar-refractivity contribution >= 4 is 28.3 Å². The number of nitrogens with one attached hydrogen (secondary N) is 1. The van der Waals surface area contributed by atoms with Gasteiger partial charge in [0.1, 0.15) is 0 Å². The molecule has 0 radical (unpaired) electrons. The van der Waals surface area contributed by atoms with Crippen molar-refractivity contribution in [3.05, 3.63) is 23.2 Å². The Bertz CT molecular complexity index is 567. The largest absolute Gasteiger partial charge is 0.348 e. The van der Waals surface area contributed by atoms with Crippen LogP contribution in [0, 0.1) is 0 Å². The zero-order valence-electron chi connectivity index (χ0n) is 8.88. The molecule has 0 unspecified atom stereocenters. The van der Waals surface area contributed by atoms with Gasteiger partial charge in [-0.1, -0.05) is 17.7 Å². The number of hydrogen-bond donors (Lipinski definition) is 1. The number of nitrogens with zero attached hydrogens (tertiary/aromatic N) is 2. The van der Waals surface area contributed by atoms with Crippen LogP contribution in [0.25, 0.3) is 10.9 Å². The predicted octanol–water partition coefficient (Wildman–Crippen LogP) is 3.06. The molecule has 1 N–H and O–H groups in total. The van der Waals surface area contributed by atoms with Crippen LogP contribution in [0.2, 0.25) is 5.02 Å². The molecule has 2 heterocycles. The van der Waals surface area contributed by atoms with Crippen LogP contribution in [-0.4, -0.2) is 29.2 Å². The third-order valence-electron chi connectivity index (χ3n) is 2.99. The Morgan fingerprint density at radius 2 is 2.24 bits per heavy atom. The molecule has 2 aromatic rings. The summed E-state index contributed by atoms with van der Waals surface area (Å²) in [5.74, 6) is -2.12. The highest BCUT2D eigenvalue weighted by Crippen LogP contribution is 2.36. The Morgan fingerprint density at radius 1 is 1.41 bits per heavy atom. The maximum atomic E-state index is 13.2. The molecule has 0 aliphatic carbocycles. The third kappa shape index (κ3) is 1.74. The summed E-state index contributed by atoms with van der Waals surface area (Å²) in [5, 5.41) is 8.14. The monoisotopic (exact) mass is 257 g/mol. The lowest BCUT2D eigenvalue weighted by atomic mass is 10.2. The first kappa shape index (κ1) is 10.8. The number of aromatic amines is 1. The highest BCUT2D eigenvalue weighted by Gasteiger charge is 2.39. The second-order valence-electron chi connectivity index (χ2n) is 4.24. The van der Waals surface area contributed by atoms with E-state index in [9.17, 15) is 8.78 Å². The maximum Gasteiger partial charge on any atom is 0.266 e. The zero-order chi connectivity index (χ0) is 12.0. The summed E-state index contributed by atoms with van der Waals surface area (Å²) in [6.07, 6.45) is -0.133. The molecule has 0 bridgehead atoms. The molecule has 0 atom stereocenters. The number of H-pyrrole nitrogens is 1. The summed E-state index contributed by atoms with van der Waals surface area (Å²) < 4.78 is 26.3. The molecule has 1 aliphatic rings. The number of anilines is 1. The molecule has 1 saturated heterocycles. The van der Waals surface area contributed by atoms with E-state index < -0.39 is 5.92 Å². The molecule has 1 aromatic carbocycles. The lowest BCUT2D eigenvalue weighted by molar-refractivity contribution is 0.0257. The van der Waals surface area contributed by atoms with Crippen molar-refractivity contribution < 1.29 is 8.78 Å². The van der Waals surface area contributed by atoms with E-state index in [1.165, 1.54) is 0 Å². The smallest absolute Gasteiger partial charge is 0.266 e. The van der Waals surface area contributed by atoms with Crippen LogP contribution >= 0.6 is 11.6 Å². The first-order chi connectivity index (χ1) is 8.07. The van der Waals surface area contributed by atoms with Crippen molar-refractivity contribution in [1.82, 2.24) is 10.2 Å². The average molecular weight is 258 g/mol. The summed E-state index contributed by atoms with van der Waals surface area (Å²) >= 11 is 6.08. The van der Waals surface area contributed by atoms with Gasteiger partial charge in [-0.05, 0) is 12.1 Å². The highest BCUT2D eigenvalue weighted by atomic mass is 35.5. The van der Waals surface area contributed by atoms with Gasteiger partial charge in [0.05, 0.1) is 22.5 Å². The summed E-state index contributed by atoms with van der Waals surface area (Å²) in [7, 11) is 0. The number of fused-ring (bicyclic) bond motifs is 1. The van der Waals surface area contributed by atoms with E-state index in [2.05, 4.69) is 10.2 Å². The molecule has 6 heteroatoms. The van der Waals surface area contributed by atoms with Crippen molar-refractivity contribution in [3.8, 4) is 0 Å². The van der Waals surface area contributed by atoms with Gasteiger partial charge in [0, 0.05) is 13.0 Å². The molecular formula is C11H10ClF2N3. The van der Waals surface area contributed by atoms with Crippen LogP contribution < -0.4 is 4.90 Å². The van der Waals surface area contributed by atoms with Gasteiger partial charge in [0.15, 0.2) is 5.82 Å². The number of halogens is 3. The van der Waals surface area contributed by atoms with Crippen molar-refractivity contribution in [2.45, 2.75) is 12.3 Å². The van der Waals surface area contributed by atoms with Gasteiger partial charge in [-0.25, -0.2) is 8.78 Å². The second kappa shape index (κ2) is 3.57. The minimum Gasteiger partial charge on any atom is -0.348 e. The van der Waals surface area contributed by atoms with Crippen molar-refractivity contribution in [3.63, 3.8) is 0 Å². The number of aromatic nitrogens is 2. The van der Waals surface area contributed by atoms with Crippen LogP contribution in [-0.2, 0) is 0 Å². The van der Waals surface area contributed by atoms with Crippen molar-refractivity contribution in [2.24, 2.45) is 0 Å². The van der Waals surface area contributed by atoms with E-state index in [0.717, 1.165) is 5.52 Å². The Kier molecular flexibility index (Phi) is 2.26. The highest BCUT2D eigenvalue weighted by molar-refractivity contribution is 6.36. The minimum absolute atomic E-state index is 0.133. The van der Waals surface area contributed by atoms with E-state index in [0.29, 0.717) is 22.8 Å². The Morgan fingerprint density at radius 3 is 2.94 bits per heavy atom. The first-order valence-corrected chi connectivity index (χ1v) is 5.70. The van der Waals surface area contributed by atoms with Crippen molar-refractivity contribution in [1.29, 1.82) is 0 Å². The van der Waals surface area contributed by atoms with Crippen molar-refractivity contribution in [2.75, 3.05) is 18.0 Å². The minimum atomic E-state index is -2.63. The third-order valence-corrected chi connectivity index (χ3v) is 3.30. The fraction of sp³-hybridized carbons (Fsp3) is 0.364. The standard InChI is InChI=1S/C11H10ClF2N3/c12-7-2-1-3-8-9(7)10(16-15-8)17-5-4-11(13,14)6-17/h1-3H,4-6H2,(H,15,16). The molecule has 90 valence electrons. The number of rotatable bonds is 1. The predicted molar refractivity (Wildman–Crippen MR) is 62.9 cm³/mol. The summed E-state index contributed by atoms with van der Waals surface area (Å²) in [6.45, 7) is 0.0103. The van der Waals surface area contributed by atoms with Crippen LogP contribution in [0.5, 0.6) is 0 Å². The summed E-state index contributed by atoms with van der Waals surface area (Å²) in [6, 6.07) is 5.36. The molecule has 3 rings (SSSR count). The number of benzene rings is 1. The van der Waals surface area contributed by atoms with E-state index in [1.54, 1.807) is 17.0 Å². The maximum absolute atomic E-state index is 13.2. The SMILES string of the molecule is FC1(F)CCN(c2n[nH]c3cccc(Cl)c23)C1. The normalized spacial score (nSPS) is 19.1. The lowest BCUT2D eigenvalue weighted by Crippen LogP contribution is -2.25. The van der Waals surface area contributed by atoms with Gasteiger partial charge >= 0.3 is 0 Å².